The standard InChI is InChI=1S/C28H32FN5O3S/c1-18-17-34(28(20-4-6-22(29)7-5-20)21-10-12-38(36,37)13-11-21)19(2)16-33(18)25-14-26(35)32(3)24-9-8-23(15-30)31-27(24)25/h4-9,14,18-19,21,28H,10-13,16-17H2,1-3H3/t18-,19?,28?/m0/s1. The largest absolute Gasteiger partial charge is 0.364 e. The van der Waals surface area contributed by atoms with Gasteiger partial charge in [0.2, 0.25) is 0 Å². The summed E-state index contributed by atoms with van der Waals surface area (Å²) >= 11 is 0. The van der Waals surface area contributed by atoms with Crippen LogP contribution >= 0.6 is 0 Å². The lowest BCUT2D eigenvalue weighted by atomic mass is 9.85. The summed E-state index contributed by atoms with van der Waals surface area (Å²) in [5, 5.41) is 9.43. The second kappa shape index (κ2) is 10.1. The van der Waals surface area contributed by atoms with E-state index in [9.17, 15) is 22.9 Å². The molecule has 200 valence electrons. The highest BCUT2D eigenvalue weighted by atomic mass is 32.2. The Kier molecular flexibility index (Phi) is 7.01. The normalized spacial score (nSPS) is 23.3. The van der Waals surface area contributed by atoms with Crippen molar-refractivity contribution in [2.24, 2.45) is 13.0 Å². The van der Waals surface area contributed by atoms with E-state index in [0.717, 1.165) is 5.56 Å². The van der Waals surface area contributed by atoms with Gasteiger partial charge in [0, 0.05) is 44.3 Å². The summed E-state index contributed by atoms with van der Waals surface area (Å²) < 4.78 is 39.7. The van der Waals surface area contributed by atoms with E-state index in [2.05, 4.69) is 34.7 Å². The maximum absolute atomic E-state index is 13.8. The Morgan fingerprint density at radius 2 is 1.74 bits per heavy atom. The maximum Gasteiger partial charge on any atom is 0.252 e. The smallest absolute Gasteiger partial charge is 0.252 e. The molecule has 2 aliphatic rings. The summed E-state index contributed by atoms with van der Waals surface area (Å²) in [7, 11) is -1.32. The molecule has 0 saturated carbocycles. The highest BCUT2D eigenvalue weighted by Gasteiger charge is 2.40. The SMILES string of the molecule is CC1CN(c2cc(=O)n(C)c3ccc(C#N)nc23)[C@@H](C)CN1C(c1ccc(F)cc1)C1CCS(=O)(=O)CC1. The lowest BCUT2D eigenvalue weighted by Gasteiger charge is -2.50. The van der Waals surface area contributed by atoms with Gasteiger partial charge < -0.3 is 9.47 Å². The van der Waals surface area contributed by atoms with Crippen molar-refractivity contribution in [1.82, 2.24) is 14.5 Å². The number of sulfone groups is 1. The lowest BCUT2D eigenvalue weighted by Crippen LogP contribution is -2.58. The number of pyridine rings is 2. The van der Waals surface area contributed by atoms with Gasteiger partial charge in [-0.15, -0.1) is 0 Å². The number of rotatable bonds is 4. The van der Waals surface area contributed by atoms with Gasteiger partial charge in [-0.2, -0.15) is 5.26 Å². The quantitative estimate of drug-likeness (QED) is 0.503. The molecule has 2 saturated heterocycles. The van der Waals surface area contributed by atoms with Gasteiger partial charge in [-0.05, 0) is 62.4 Å². The number of anilines is 1. The van der Waals surface area contributed by atoms with Crippen molar-refractivity contribution in [2.75, 3.05) is 29.5 Å². The van der Waals surface area contributed by atoms with E-state index < -0.39 is 9.84 Å². The molecular weight excluding hydrogens is 505 g/mol. The molecule has 3 aromatic rings. The zero-order chi connectivity index (χ0) is 27.2. The third-order valence-corrected chi connectivity index (χ3v) is 9.86. The zero-order valence-corrected chi connectivity index (χ0v) is 22.7. The molecular formula is C28H32FN5O3S. The van der Waals surface area contributed by atoms with E-state index in [1.807, 2.05) is 12.1 Å². The summed E-state index contributed by atoms with van der Waals surface area (Å²) in [4.78, 5) is 22.0. The minimum Gasteiger partial charge on any atom is -0.364 e. The van der Waals surface area contributed by atoms with E-state index in [4.69, 9.17) is 0 Å². The van der Waals surface area contributed by atoms with Gasteiger partial charge in [-0.3, -0.25) is 9.69 Å². The number of fused-ring (bicyclic) bond motifs is 1. The third kappa shape index (κ3) is 4.93. The maximum atomic E-state index is 13.8. The van der Waals surface area contributed by atoms with Crippen molar-refractivity contribution in [2.45, 2.75) is 44.8 Å². The van der Waals surface area contributed by atoms with Gasteiger partial charge in [0.25, 0.3) is 5.56 Å². The topological polar surface area (TPSA) is 99.3 Å². The van der Waals surface area contributed by atoms with Crippen molar-refractivity contribution >= 4 is 26.6 Å². The number of benzene rings is 1. The number of aryl methyl sites for hydroxylation is 1. The van der Waals surface area contributed by atoms with Gasteiger partial charge >= 0.3 is 0 Å². The molecule has 4 heterocycles. The van der Waals surface area contributed by atoms with Gasteiger partial charge in [0.1, 0.15) is 32.9 Å². The minimum atomic E-state index is -3.02. The lowest BCUT2D eigenvalue weighted by molar-refractivity contribution is 0.0688. The summed E-state index contributed by atoms with van der Waals surface area (Å²) in [6, 6.07) is 13.6. The Morgan fingerprint density at radius 3 is 2.39 bits per heavy atom. The first-order chi connectivity index (χ1) is 18.1. The van der Waals surface area contributed by atoms with E-state index >= 15 is 0 Å². The molecule has 2 unspecified atom stereocenters. The summed E-state index contributed by atoms with van der Waals surface area (Å²) in [5.41, 5.74) is 3.13. The first-order valence-corrected chi connectivity index (χ1v) is 14.8. The number of piperazine rings is 1. The Labute approximate surface area is 222 Å². The molecule has 0 aliphatic carbocycles. The van der Waals surface area contributed by atoms with E-state index in [-0.39, 0.29) is 46.9 Å². The molecule has 2 fully saturated rings. The molecule has 1 aromatic carbocycles. The molecule has 2 aromatic heterocycles. The first kappa shape index (κ1) is 26.3. The Morgan fingerprint density at radius 1 is 1.05 bits per heavy atom. The van der Waals surface area contributed by atoms with Crippen LogP contribution in [0, 0.1) is 23.1 Å². The van der Waals surface area contributed by atoms with Gasteiger partial charge in [-0.1, -0.05) is 12.1 Å². The summed E-state index contributed by atoms with van der Waals surface area (Å²) in [6.45, 7) is 5.52. The average molecular weight is 538 g/mol. The first-order valence-electron chi connectivity index (χ1n) is 13.0. The summed E-state index contributed by atoms with van der Waals surface area (Å²) in [6.07, 6.45) is 1.15. The predicted molar refractivity (Wildman–Crippen MR) is 145 cm³/mol. The van der Waals surface area contributed by atoms with Crippen LogP contribution in [0.15, 0.2) is 47.3 Å². The zero-order valence-electron chi connectivity index (χ0n) is 21.8. The molecule has 0 amide bonds. The monoisotopic (exact) mass is 537 g/mol. The third-order valence-electron chi connectivity index (χ3n) is 8.14. The Balaban J connectivity index is 1.51. The molecule has 0 N–H and O–H groups in total. The minimum absolute atomic E-state index is 0.00400. The van der Waals surface area contributed by atoms with Crippen LogP contribution in [0.5, 0.6) is 0 Å². The second-order valence-electron chi connectivity index (χ2n) is 10.6. The van der Waals surface area contributed by atoms with Gasteiger partial charge in [0.05, 0.1) is 22.7 Å². The number of nitriles is 1. The summed E-state index contributed by atoms with van der Waals surface area (Å²) in [5.74, 6) is 0.179. The number of hydrogen-bond donors (Lipinski definition) is 0. The van der Waals surface area contributed by atoms with Crippen LogP contribution in [-0.4, -0.2) is 59.5 Å². The van der Waals surface area contributed by atoms with E-state index in [0.29, 0.717) is 48.3 Å². The van der Waals surface area contributed by atoms with E-state index in [1.165, 1.54) is 12.1 Å². The van der Waals surface area contributed by atoms with Gasteiger partial charge in [-0.25, -0.2) is 17.8 Å². The van der Waals surface area contributed by atoms with Crippen molar-refractivity contribution in [1.29, 1.82) is 5.26 Å². The van der Waals surface area contributed by atoms with Gasteiger partial charge in [0.15, 0.2) is 0 Å². The van der Waals surface area contributed by atoms with Crippen LogP contribution in [0.1, 0.15) is 44.0 Å². The fourth-order valence-corrected chi connectivity index (χ4v) is 7.62. The molecule has 0 spiro atoms. The molecule has 3 atom stereocenters. The number of aromatic nitrogens is 2. The number of halogens is 1. The van der Waals surface area contributed by atoms with Crippen LogP contribution in [-0.2, 0) is 16.9 Å². The molecule has 2 aliphatic heterocycles. The van der Waals surface area contributed by atoms with Crippen molar-refractivity contribution in [3.05, 3.63) is 69.9 Å². The fraction of sp³-hybridized carbons (Fsp3) is 0.464. The molecule has 8 nitrogen and oxygen atoms in total. The molecule has 5 rings (SSSR count). The van der Waals surface area contributed by atoms with E-state index in [1.54, 1.807) is 29.8 Å². The van der Waals surface area contributed by atoms with Crippen LogP contribution in [0.4, 0.5) is 10.1 Å². The Hall–Kier alpha value is -3.29. The number of nitrogens with zero attached hydrogens (tertiary/aromatic N) is 5. The molecule has 0 radical (unpaired) electrons. The van der Waals surface area contributed by atoms with Crippen LogP contribution in [0.3, 0.4) is 0 Å². The molecule has 0 bridgehead atoms. The molecule has 38 heavy (non-hydrogen) atoms. The van der Waals surface area contributed by atoms with Crippen LogP contribution in [0.25, 0.3) is 11.0 Å². The molecule has 10 heteroatoms. The Bertz CT molecular complexity index is 1550. The van der Waals surface area contributed by atoms with Crippen molar-refractivity contribution in [3.8, 4) is 6.07 Å². The fourth-order valence-electron chi connectivity index (χ4n) is 6.09. The highest BCUT2D eigenvalue weighted by molar-refractivity contribution is 7.91. The van der Waals surface area contributed by atoms with Crippen LogP contribution in [0.2, 0.25) is 0 Å². The highest BCUT2D eigenvalue weighted by Crippen LogP contribution is 2.40. The van der Waals surface area contributed by atoms with Crippen molar-refractivity contribution < 1.29 is 12.8 Å². The average Bonchev–Trinajstić information content (AvgIpc) is 2.89. The number of hydrogen-bond acceptors (Lipinski definition) is 7. The van der Waals surface area contributed by atoms with Crippen LogP contribution < -0.4 is 10.5 Å². The predicted octanol–water partition coefficient (Wildman–Crippen LogP) is 3.41. The van der Waals surface area contributed by atoms with Crippen molar-refractivity contribution in [3.63, 3.8) is 0 Å². The second-order valence-corrected chi connectivity index (χ2v) is 12.9.